The Morgan fingerprint density at radius 2 is 1.83 bits per heavy atom. The van der Waals surface area contributed by atoms with E-state index in [0.29, 0.717) is 26.9 Å². The van der Waals surface area contributed by atoms with Crippen LogP contribution in [0, 0.1) is 17.3 Å². The molecule has 11 heteroatoms. The molecule has 0 radical (unpaired) electrons. The second-order valence-electron chi connectivity index (χ2n) is 10.3. The maximum Gasteiger partial charge on any atom is 0.355 e. The van der Waals surface area contributed by atoms with E-state index in [-0.39, 0.29) is 24.5 Å². The maximum absolute atomic E-state index is 13.7. The Bertz CT molecular complexity index is 1750. The topological polar surface area (TPSA) is 113 Å². The zero-order valence-corrected chi connectivity index (χ0v) is 24.4. The molecule has 0 N–H and O–H groups in total. The summed E-state index contributed by atoms with van der Waals surface area (Å²) in [5.41, 5.74) is 5.19. The van der Waals surface area contributed by atoms with Crippen molar-refractivity contribution in [2.24, 2.45) is 0 Å². The van der Waals surface area contributed by atoms with Crippen molar-refractivity contribution in [3.05, 3.63) is 111 Å². The van der Waals surface area contributed by atoms with Crippen molar-refractivity contribution in [3.63, 3.8) is 0 Å². The van der Waals surface area contributed by atoms with Gasteiger partial charge in [-0.25, -0.2) is 9.78 Å². The molecule has 4 aromatic rings. The molecule has 0 bridgehead atoms. The van der Waals surface area contributed by atoms with Crippen molar-refractivity contribution in [1.82, 2.24) is 24.7 Å². The second kappa shape index (κ2) is 10.9. The lowest BCUT2D eigenvalue weighted by atomic mass is 9.87. The highest BCUT2D eigenvalue weighted by atomic mass is 35.5. The highest BCUT2D eigenvalue weighted by Crippen LogP contribution is 2.47. The Balaban J connectivity index is 1.55. The number of para-hydroxylation sites is 1. The van der Waals surface area contributed by atoms with Crippen molar-refractivity contribution in [1.29, 1.82) is 0 Å². The molecule has 2 atom stereocenters. The van der Waals surface area contributed by atoms with E-state index in [1.807, 2.05) is 41.8 Å². The molecule has 0 fully saturated rings. The number of nitrogens with zero attached hydrogens (tertiary/aromatic N) is 6. The summed E-state index contributed by atoms with van der Waals surface area (Å²) in [5, 5.41) is 28.5. The SMILES string of the molecule is CCOC(=O)C1=C(c2ccc(-n3c(C)nc4cnccc43)cc2)CC2=C(N1c1ccccc1Cl)N([O-])C(C)N([O-])C2C. The minimum Gasteiger partial charge on any atom is -0.783 e. The normalized spacial score (nSPS) is 19.5. The Kier molecular flexibility index (Phi) is 7.24. The van der Waals surface area contributed by atoms with Crippen LogP contribution in [-0.4, -0.2) is 49.4 Å². The number of ether oxygens (including phenoxy) is 1. The van der Waals surface area contributed by atoms with Gasteiger partial charge >= 0.3 is 5.97 Å². The monoisotopic (exact) mass is 584 g/mol. The molecule has 0 amide bonds. The van der Waals surface area contributed by atoms with Crippen molar-refractivity contribution >= 4 is 39.9 Å². The molecule has 2 aromatic heterocycles. The van der Waals surface area contributed by atoms with Gasteiger partial charge in [-0.1, -0.05) is 35.9 Å². The summed E-state index contributed by atoms with van der Waals surface area (Å²) in [6.07, 6.45) is 2.65. The van der Waals surface area contributed by atoms with E-state index in [2.05, 4.69) is 9.97 Å². The number of carbonyl (C=O) groups excluding carboxylic acids is 1. The van der Waals surface area contributed by atoms with Gasteiger partial charge in [0.1, 0.15) is 22.9 Å². The van der Waals surface area contributed by atoms with E-state index in [1.54, 1.807) is 62.3 Å². The lowest BCUT2D eigenvalue weighted by Crippen LogP contribution is -2.55. The van der Waals surface area contributed by atoms with Crippen LogP contribution >= 0.6 is 11.6 Å². The third-order valence-corrected chi connectivity index (χ3v) is 8.16. The van der Waals surface area contributed by atoms with Crippen molar-refractivity contribution < 1.29 is 9.53 Å². The number of carbonyl (C=O) groups is 1. The number of fused-ring (bicyclic) bond motifs is 1. The number of rotatable bonds is 5. The first-order valence-corrected chi connectivity index (χ1v) is 14.1. The van der Waals surface area contributed by atoms with Gasteiger partial charge in [-0.05, 0) is 74.7 Å². The molecule has 0 saturated heterocycles. The van der Waals surface area contributed by atoms with E-state index in [9.17, 15) is 15.2 Å². The quantitative estimate of drug-likeness (QED) is 0.256. The van der Waals surface area contributed by atoms with E-state index in [4.69, 9.17) is 16.3 Å². The average Bonchev–Trinajstić information content (AvgIpc) is 3.34. The fraction of sp³-hybridized carbons (Fsp3) is 0.258. The molecule has 10 nitrogen and oxygen atoms in total. The number of halogens is 1. The Labute approximate surface area is 248 Å². The van der Waals surface area contributed by atoms with Crippen LogP contribution in [0.1, 0.15) is 38.6 Å². The standard InChI is InChI=1S/C31H29ClN6O4/c1-5-42-31(39)29-24(21-10-12-22(13-11-21)35-19(3)34-26-17-33-15-14-28(26)35)16-23-18(2)37(40)20(4)38(41)30(23)36(29)27-9-7-6-8-25(27)32/h6-15,17-18,20H,5,16H2,1-4H3/q-2. The maximum atomic E-state index is 13.7. The molecule has 216 valence electrons. The Morgan fingerprint density at radius 1 is 1.10 bits per heavy atom. The van der Waals surface area contributed by atoms with Gasteiger partial charge in [0, 0.05) is 24.3 Å². The first kappa shape index (κ1) is 27.9. The highest BCUT2D eigenvalue weighted by Gasteiger charge is 2.40. The molecule has 0 saturated carbocycles. The number of hydrogen-bond acceptors (Lipinski definition) is 9. The number of pyridine rings is 1. The molecule has 42 heavy (non-hydrogen) atoms. The number of esters is 1. The van der Waals surface area contributed by atoms with Gasteiger partial charge in [-0.3, -0.25) is 14.5 Å². The molecule has 0 aliphatic carbocycles. The van der Waals surface area contributed by atoms with E-state index < -0.39 is 18.2 Å². The minimum absolute atomic E-state index is 0.140. The summed E-state index contributed by atoms with van der Waals surface area (Å²) >= 11 is 6.67. The third-order valence-electron chi connectivity index (χ3n) is 7.84. The average molecular weight is 585 g/mol. The molecule has 4 heterocycles. The summed E-state index contributed by atoms with van der Waals surface area (Å²) in [4.78, 5) is 24.1. The van der Waals surface area contributed by atoms with Gasteiger partial charge in [0.05, 0.1) is 35.2 Å². The largest absolute Gasteiger partial charge is 0.783 e. The molecule has 2 aliphatic rings. The number of hydrogen-bond donors (Lipinski definition) is 0. The Morgan fingerprint density at radius 3 is 2.55 bits per heavy atom. The predicted octanol–water partition coefficient (Wildman–Crippen LogP) is 6.13. The summed E-state index contributed by atoms with van der Waals surface area (Å²) < 4.78 is 7.58. The highest BCUT2D eigenvalue weighted by molar-refractivity contribution is 6.33. The van der Waals surface area contributed by atoms with Crippen LogP contribution in [0.15, 0.2) is 84.1 Å². The molecule has 2 unspecified atom stereocenters. The number of allylic oxidation sites excluding steroid dienone is 1. The van der Waals surface area contributed by atoms with E-state index in [1.165, 1.54) is 0 Å². The van der Waals surface area contributed by atoms with Crippen molar-refractivity contribution in [2.45, 2.75) is 46.3 Å². The number of hydroxylamine groups is 4. The number of aromatic nitrogens is 3. The lowest BCUT2D eigenvalue weighted by molar-refractivity contribution is -0.138. The number of benzene rings is 2. The fourth-order valence-electron chi connectivity index (χ4n) is 5.78. The molecule has 0 spiro atoms. The zero-order valence-electron chi connectivity index (χ0n) is 23.6. The van der Waals surface area contributed by atoms with Crippen LogP contribution in [-0.2, 0) is 9.53 Å². The van der Waals surface area contributed by atoms with Gasteiger partial charge in [0.25, 0.3) is 0 Å². The fourth-order valence-corrected chi connectivity index (χ4v) is 6.00. The van der Waals surface area contributed by atoms with Gasteiger partial charge in [-0.2, -0.15) is 0 Å². The molecule has 2 aromatic carbocycles. The van der Waals surface area contributed by atoms with Crippen LogP contribution in [0.3, 0.4) is 0 Å². The third kappa shape index (κ3) is 4.44. The van der Waals surface area contributed by atoms with Crippen molar-refractivity contribution in [2.75, 3.05) is 11.5 Å². The van der Waals surface area contributed by atoms with E-state index >= 15 is 0 Å². The van der Waals surface area contributed by atoms with Crippen LogP contribution in [0.5, 0.6) is 0 Å². The summed E-state index contributed by atoms with van der Waals surface area (Å²) in [6, 6.07) is 16.0. The lowest BCUT2D eigenvalue weighted by Gasteiger charge is -2.59. The van der Waals surface area contributed by atoms with Gasteiger partial charge in [0.2, 0.25) is 0 Å². The van der Waals surface area contributed by atoms with Crippen LogP contribution in [0.4, 0.5) is 5.69 Å². The zero-order chi connectivity index (χ0) is 29.7. The molecular weight excluding hydrogens is 556 g/mol. The minimum atomic E-state index is -1.00. The van der Waals surface area contributed by atoms with Crippen LogP contribution in [0.2, 0.25) is 5.02 Å². The van der Waals surface area contributed by atoms with Gasteiger partial charge in [-0.15, -0.1) is 0 Å². The second-order valence-corrected chi connectivity index (χ2v) is 10.7. The number of imidazole rings is 1. The summed E-state index contributed by atoms with van der Waals surface area (Å²) in [7, 11) is 0. The number of aryl methyl sites for hydroxylation is 1. The van der Waals surface area contributed by atoms with E-state index in [0.717, 1.165) is 33.2 Å². The van der Waals surface area contributed by atoms with Gasteiger partial charge < -0.3 is 25.3 Å². The van der Waals surface area contributed by atoms with Crippen LogP contribution in [0.25, 0.3) is 22.3 Å². The van der Waals surface area contributed by atoms with Crippen molar-refractivity contribution in [3.8, 4) is 5.69 Å². The first-order valence-electron chi connectivity index (χ1n) is 13.7. The summed E-state index contributed by atoms with van der Waals surface area (Å²) in [5.74, 6) is 0.434. The predicted molar refractivity (Wildman–Crippen MR) is 162 cm³/mol. The smallest absolute Gasteiger partial charge is 0.355 e. The van der Waals surface area contributed by atoms with Crippen LogP contribution < -0.4 is 4.90 Å². The molecule has 2 aliphatic heterocycles. The number of anilines is 1. The van der Waals surface area contributed by atoms with Gasteiger partial charge in [0.15, 0.2) is 0 Å². The summed E-state index contributed by atoms with van der Waals surface area (Å²) in [6.45, 7) is 7.12. The Hall–Kier alpha value is -4.22. The first-order chi connectivity index (χ1) is 20.2. The molecular formula is C31H29ClN6O4-2. The molecule has 6 rings (SSSR count).